The molecule has 4 fully saturated rings. The smallest absolute Gasteiger partial charge is 0.164 e. The molecule has 7 aliphatic rings. The molecule has 0 radical (unpaired) electrons. The molecule has 0 atom stereocenters. The minimum Gasteiger partial charge on any atom is -0.208 e. The highest BCUT2D eigenvalue weighted by atomic mass is 28.3. The largest absolute Gasteiger partial charge is 0.208 e. The lowest BCUT2D eigenvalue weighted by Gasteiger charge is -2.61. The summed E-state index contributed by atoms with van der Waals surface area (Å²) in [6.07, 6.45) is 7.01. The SMILES string of the molecule is CC1(C)c2ccccc2-c2ccc(-c3nc(-c4ccccc4)nc(-c4ccc(-c5ccc6c(c5)C5(c7c-6ccc6c7[Si](C)(C)c7ccccc7-6)C6CC7CC(C6)CC5C7)cc4)n3)cc21. The van der Waals surface area contributed by atoms with E-state index < -0.39 is 8.07 Å². The summed E-state index contributed by atoms with van der Waals surface area (Å²) in [5, 5.41) is 3.37. The summed E-state index contributed by atoms with van der Waals surface area (Å²) in [6, 6.07) is 56.9. The van der Waals surface area contributed by atoms with Crippen molar-refractivity contribution in [3.63, 3.8) is 0 Å². The Kier molecular flexibility index (Phi) is 7.52. The molecule has 7 aromatic carbocycles. The maximum atomic E-state index is 5.23. The molecule has 1 spiro atoms. The lowest BCUT2D eigenvalue weighted by molar-refractivity contribution is -0.0395. The van der Waals surface area contributed by atoms with E-state index in [9.17, 15) is 0 Å². The van der Waals surface area contributed by atoms with Gasteiger partial charge in [0, 0.05) is 27.5 Å². The lowest BCUT2D eigenvalue weighted by Crippen LogP contribution is -2.59. The molecule has 8 aromatic rings. The Labute approximate surface area is 377 Å². The molecule has 2 heterocycles. The maximum Gasteiger partial charge on any atom is 0.164 e. The Morgan fingerprint density at radius 2 is 0.922 bits per heavy atom. The van der Waals surface area contributed by atoms with Crippen LogP contribution in [0.5, 0.6) is 0 Å². The highest BCUT2D eigenvalue weighted by Gasteiger charge is 2.63. The first kappa shape index (κ1) is 37.2. The molecular formula is C60H51N3Si. The van der Waals surface area contributed by atoms with E-state index in [2.05, 4.69) is 173 Å². The molecular weight excluding hydrogens is 791 g/mol. The first-order valence-electron chi connectivity index (χ1n) is 23.8. The van der Waals surface area contributed by atoms with Gasteiger partial charge in [-0.2, -0.15) is 0 Å². The van der Waals surface area contributed by atoms with Crippen molar-refractivity contribution in [3.05, 3.63) is 174 Å². The zero-order valence-electron chi connectivity index (χ0n) is 37.1. The number of rotatable bonds is 4. The molecule has 6 aliphatic carbocycles. The minimum absolute atomic E-state index is 0.0936. The van der Waals surface area contributed by atoms with Crippen molar-refractivity contribution in [1.29, 1.82) is 0 Å². The Balaban J connectivity index is 0.877. The van der Waals surface area contributed by atoms with Crippen molar-refractivity contribution in [2.24, 2.45) is 23.7 Å². The maximum absolute atomic E-state index is 5.23. The third-order valence-electron chi connectivity index (χ3n) is 17.3. The summed E-state index contributed by atoms with van der Waals surface area (Å²) in [5.74, 6) is 5.31. The second-order valence-corrected chi connectivity index (χ2v) is 25.5. The van der Waals surface area contributed by atoms with Gasteiger partial charge in [-0.25, -0.2) is 15.0 Å². The van der Waals surface area contributed by atoms with Crippen LogP contribution in [0.4, 0.5) is 0 Å². The third-order valence-corrected chi connectivity index (χ3v) is 20.9. The molecule has 4 saturated carbocycles. The molecule has 4 bridgehead atoms. The normalized spacial score (nSPS) is 23.9. The molecule has 64 heavy (non-hydrogen) atoms. The average molecular weight is 842 g/mol. The second kappa shape index (κ2) is 12.9. The van der Waals surface area contributed by atoms with Crippen LogP contribution in [0.2, 0.25) is 13.1 Å². The average Bonchev–Trinajstić information content (AvgIpc) is 3.85. The fraction of sp³-hybridized carbons (Fsp3) is 0.250. The van der Waals surface area contributed by atoms with Gasteiger partial charge in [0.15, 0.2) is 17.5 Å². The molecule has 3 nitrogen and oxygen atoms in total. The number of hydrogen-bond donors (Lipinski definition) is 0. The summed E-state index contributed by atoms with van der Waals surface area (Å²) < 4.78 is 0. The molecule has 0 saturated heterocycles. The first-order chi connectivity index (χ1) is 31.2. The van der Waals surface area contributed by atoms with E-state index in [1.807, 2.05) is 6.07 Å². The fourth-order valence-electron chi connectivity index (χ4n) is 14.7. The van der Waals surface area contributed by atoms with Crippen molar-refractivity contribution < 1.29 is 0 Å². The summed E-state index contributed by atoms with van der Waals surface area (Å²) in [5.41, 5.74) is 20.2. The van der Waals surface area contributed by atoms with E-state index in [4.69, 9.17) is 15.0 Å². The molecule has 1 aromatic heterocycles. The summed E-state index contributed by atoms with van der Waals surface area (Å²) in [4.78, 5) is 15.5. The molecule has 0 N–H and O–H groups in total. The summed E-state index contributed by atoms with van der Waals surface area (Å²) >= 11 is 0. The minimum atomic E-state index is -1.95. The van der Waals surface area contributed by atoms with Crippen LogP contribution in [-0.2, 0) is 10.8 Å². The predicted molar refractivity (Wildman–Crippen MR) is 265 cm³/mol. The van der Waals surface area contributed by atoms with Gasteiger partial charge in [0.1, 0.15) is 8.07 Å². The van der Waals surface area contributed by atoms with E-state index in [0.29, 0.717) is 29.3 Å². The van der Waals surface area contributed by atoms with E-state index in [0.717, 1.165) is 28.5 Å². The van der Waals surface area contributed by atoms with Crippen LogP contribution >= 0.6 is 0 Å². The van der Waals surface area contributed by atoms with E-state index in [-0.39, 0.29) is 10.8 Å². The van der Waals surface area contributed by atoms with Crippen LogP contribution in [0.15, 0.2) is 152 Å². The van der Waals surface area contributed by atoms with Gasteiger partial charge in [0.05, 0.1) is 0 Å². The predicted octanol–water partition coefficient (Wildman–Crippen LogP) is 13.4. The van der Waals surface area contributed by atoms with Crippen LogP contribution in [0.3, 0.4) is 0 Å². The van der Waals surface area contributed by atoms with Gasteiger partial charge in [-0.1, -0.05) is 166 Å². The lowest BCUT2D eigenvalue weighted by atomic mass is 9.43. The Hall–Kier alpha value is -6.23. The Morgan fingerprint density at radius 3 is 1.64 bits per heavy atom. The van der Waals surface area contributed by atoms with E-state index >= 15 is 0 Å². The Bertz CT molecular complexity index is 3260. The van der Waals surface area contributed by atoms with Crippen molar-refractivity contribution >= 4 is 18.4 Å². The standard InChI is InChI=1S/C60H51N3Si/c1-59(2)50-16-10-8-14-44(50)45-25-23-41(34-51(45)59)58-62-56(38-12-6-5-7-13-38)61-57(63-58)39-20-18-37(19-21-39)40-22-24-46-48-26-27-49-47-15-9-11-17-53(47)64(3,4)55(49)54(48)60(52(46)33-40)42-29-35-28-36(31-42)32-43(60)30-35/h5-27,33-36,42-43H,28-32H2,1-4H3. The van der Waals surface area contributed by atoms with Gasteiger partial charge in [0.25, 0.3) is 0 Å². The van der Waals surface area contributed by atoms with Gasteiger partial charge in [-0.3, -0.25) is 0 Å². The molecule has 4 heteroatoms. The second-order valence-electron chi connectivity index (χ2n) is 21.2. The van der Waals surface area contributed by atoms with Gasteiger partial charge < -0.3 is 0 Å². The molecule has 0 unspecified atom stereocenters. The molecule has 15 rings (SSSR count). The van der Waals surface area contributed by atoms with Gasteiger partial charge in [-0.05, 0) is 145 Å². The van der Waals surface area contributed by atoms with Gasteiger partial charge >= 0.3 is 0 Å². The van der Waals surface area contributed by atoms with Crippen molar-refractivity contribution in [3.8, 4) is 78.7 Å². The first-order valence-corrected chi connectivity index (χ1v) is 26.8. The molecule has 0 amide bonds. The number of benzene rings is 7. The van der Waals surface area contributed by atoms with Crippen molar-refractivity contribution in [2.75, 3.05) is 0 Å². The van der Waals surface area contributed by atoms with Crippen LogP contribution in [0.25, 0.3) is 78.7 Å². The van der Waals surface area contributed by atoms with E-state index in [1.54, 1.807) is 21.5 Å². The van der Waals surface area contributed by atoms with Crippen molar-refractivity contribution in [2.45, 2.75) is 69.9 Å². The quantitative estimate of drug-likeness (QED) is 0.166. The van der Waals surface area contributed by atoms with Crippen LogP contribution < -0.4 is 10.4 Å². The van der Waals surface area contributed by atoms with Crippen LogP contribution in [0, 0.1) is 23.7 Å². The topological polar surface area (TPSA) is 38.7 Å². The Morgan fingerprint density at radius 1 is 0.422 bits per heavy atom. The van der Waals surface area contributed by atoms with Crippen molar-refractivity contribution in [1.82, 2.24) is 15.0 Å². The number of nitrogens with zero attached hydrogens (tertiary/aromatic N) is 3. The number of aromatic nitrogens is 3. The zero-order chi connectivity index (χ0) is 42.7. The summed E-state index contributed by atoms with van der Waals surface area (Å²) in [6.45, 7) is 9.93. The van der Waals surface area contributed by atoms with Gasteiger partial charge in [0.2, 0.25) is 0 Å². The molecule has 310 valence electrons. The highest BCUT2D eigenvalue weighted by molar-refractivity contribution is 7.04. The van der Waals surface area contributed by atoms with E-state index in [1.165, 1.54) is 87.7 Å². The van der Waals surface area contributed by atoms with Crippen LogP contribution in [-0.4, -0.2) is 23.0 Å². The highest BCUT2D eigenvalue weighted by Crippen LogP contribution is 2.70. The number of hydrogen-bond acceptors (Lipinski definition) is 3. The fourth-order valence-corrected chi connectivity index (χ4v) is 18.3. The zero-order valence-corrected chi connectivity index (χ0v) is 38.1. The third kappa shape index (κ3) is 4.90. The monoisotopic (exact) mass is 841 g/mol. The number of fused-ring (bicyclic) bond motifs is 10. The van der Waals surface area contributed by atoms with Crippen LogP contribution in [0.1, 0.15) is 68.2 Å². The van der Waals surface area contributed by atoms with Gasteiger partial charge in [-0.15, -0.1) is 0 Å². The summed E-state index contributed by atoms with van der Waals surface area (Å²) in [7, 11) is -1.95. The molecule has 1 aliphatic heterocycles.